The zero-order chi connectivity index (χ0) is 15.1. The molecule has 0 saturated carbocycles. The van der Waals surface area contributed by atoms with E-state index in [9.17, 15) is 5.11 Å². The number of rotatable bonds is 7. The van der Waals surface area contributed by atoms with Crippen molar-refractivity contribution >= 4 is 11.4 Å². The highest BCUT2D eigenvalue weighted by Gasteiger charge is 2.25. The van der Waals surface area contributed by atoms with E-state index in [-0.39, 0.29) is 12.0 Å². The third-order valence-corrected chi connectivity index (χ3v) is 5.09. The minimum atomic E-state index is -0.00495. The molecule has 1 fully saturated rings. The van der Waals surface area contributed by atoms with Crippen LogP contribution < -0.4 is 10.2 Å². The Balaban J connectivity index is 2.09. The molecule has 0 unspecified atom stereocenters. The van der Waals surface area contributed by atoms with Crippen molar-refractivity contribution in [2.75, 3.05) is 36.5 Å². The van der Waals surface area contributed by atoms with Crippen LogP contribution in [-0.2, 0) is 0 Å². The topological polar surface area (TPSA) is 35.5 Å². The van der Waals surface area contributed by atoms with E-state index in [1.807, 2.05) is 0 Å². The minimum Gasteiger partial charge on any atom is -0.396 e. The summed E-state index contributed by atoms with van der Waals surface area (Å²) in [5.74, 6) is 0. The molecule has 0 aliphatic carbocycles. The van der Waals surface area contributed by atoms with Gasteiger partial charge in [-0.15, -0.1) is 0 Å². The minimum absolute atomic E-state index is 0.00495. The van der Waals surface area contributed by atoms with Crippen LogP contribution in [0.15, 0.2) is 24.3 Å². The largest absolute Gasteiger partial charge is 0.396 e. The van der Waals surface area contributed by atoms with Gasteiger partial charge in [0.2, 0.25) is 0 Å². The lowest BCUT2D eigenvalue weighted by Gasteiger charge is -2.33. The standard InChI is InChI=1S/C18H30N2O/c1-3-18(4-2,15-21)14-19-16-10-6-7-11-17(16)20-12-8-5-9-13-20/h6-7,10-11,19,21H,3-5,8-9,12-15H2,1-2H3. The van der Waals surface area contributed by atoms with Crippen LogP contribution in [0.4, 0.5) is 11.4 Å². The monoisotopic (exact) mass is 290 g/mol. The van der Waals surface area contributed by atoms with E-state index in [4.69, 9.17) is 0 Å². The molecule has 118 valence electrons. The van der Waals surface area contributed by atoms with Gasteiger partial charge in [-0.1, -0.05) is 26.0 Å². The van der Waals surface area contributed by atoms with Crippen LogP contribution in [0.3, 0.4) is 0 Å². The van der Waals surface area contributed by atoms with Crippen LogP contribution >= 0.6 is 0 Å². The van der Waals surface area contributed by atoms with Crippen LogP contribution in [0.5, 0.6) is 0 Å². The van der Waals surface area contributed by atoms with Crippen LogP contribution in [0.25, 0.3) is 0 Å². The highest BCUT2D eigenvalue weighted by molar-refractivity contribution is 5.70. The molecule has 21 heavy (non-hydrogen) atoms. The molecule has 1 saturated heterocycles. The fourth-order valence-corrected chi connectivity index (χ4v) is 3.10. The number of nitrogens with one attached hydrogen (secondary N) is 1. The van der Waals surface area contributed by atoms with Crippen molar-refractivity contribution in [2.45, 2.75) is 46.0 Å². The second-order valence-electron chi connectivity index (χ2n) is 6.28. The predicted octanol–water partition coefficient (Wildman–Crippen LogP) is 3.89. The fourth-order valence-electron chi connectivity index (χ4n) is 3.10. The molecule has 1 aromatic carbocycles. The van der Waals surface area contributed by atoms with Gasteiger partial charge in [0.15, 0.2) is 0 Å². The summed E-state index contributed by atoms with van der Waals surface area (Å²) in [6.07, 6.45) is 5.93. The van der Waals surface area contributed by atoms with Gasteiger partial charge in [-0.2, -0.15) is 0 Å². The number of aliphatic hydroxyl groups is 1. The summed E-state index contributed by atoms with van der Waals surface area (Å²) >= 11 is 0. The molecular formula is C18H30N2O. The highest BCUT2D eigenvalue weighted by atomic mass is 16.3. The maximum atomic E-state index is 9.72. The number of nitrogens with zero attached hydrogens (tertiary/aromatic N) is 1. The lowest BCUT2D eigenvalue weighted by molar-refractivity contribution is 0.127. The number of piperidine rings is 1. The number of aliphatic hydroxyl groups excluding tert-OH is 1. The quantitative estimate of drug-likeness (QED) is 0.800. The average molecular weight is 290 g/mol. The van der Waals surface area contributed by atoms with Gasteiger partial charge in [-0.3, -0.25) is 0 Å². The fraction of sp³-hybridized carbons (Fsp3) is 0.667. The number of hydrogen-bond donors (Lipinski definition) is 2. The van der Waals surface area contributed by atoms with E-state index in [1.54, 1.807) is 0 Å². The van der Waals surface area contributed by atoms with Gasteiger partial charge in [0.05, 0.1) is 18.0 Å². The van der Waals surface area contributed by atoms with Crippen molar-refractivity contribution in [3.63, 3.8) is 0 Å². The van der Waals surface area contributed by atoms with Gasteiger partial charge >= 0.3 is 0 Å². The number of anilines is 2. The van der Waals surface area contributed by atoms with Crippen molar-refractivity contribution in [1.29, 1.82) is 0 Å². The van der Waals surface area contributed by atoms with E-state index in [0.29, 0.717) is 0 Å². The summed E-state index contributed by atoms with van der Waals surface area (Å²) in [4.78, 5) is 2.49. The van der Waals surface area contributed by atoms with Crippen LogP contribution in [0.1, 0.15) is 46.0 Å². The molecule has 3 heteroatoms. The van der Waals surface area contributed by atoms with E-state index >= 15 is 0 Å². The van der Waals surface area contributed by atoms with E-state index in [1.165, 1.54) is 30.6 Å². The molecule has 0 aromatic heterocycles. The van der Waals surface area contributed by atoms with Gasteiger partial charge in [0.25, 0.3) is 0 Å². The number of hydrogen-bond acceptors (Lipinski definition) is 3. The first-order valence-electron chi connectivity index (χ1n) is 8.43. The van der Waals surface area contributed by atoms with Crippen molar-refractivity contribution in [3.8, 4) is 0 Å². The third-order valence-electron chi connectivity index (χ3n) is 5.09. The highest BCUT2D eigenvalue weighted by Crippen LogP contribution is 2.31. The number of benzene rings is 1. The maximum absolute atomic E-state index is 9.72. The van der Waals surface area contributed by atoms with E-state index < -0.39 is 0 Å². The third kappa shape index (κ3) is 3.91. The van der Waals surface area contributed by atoms with Crippen LogP contribution in [0.2, 0.25) is 0 Å². The lowest BCUT2D eigenvalue weighted by atomic mass is 9.83. The Kier molecular flexibility index (Phi) is 5.92. The number of para-hydroxylation sites is 2. The Morgan fingerprint density at radius 2 is 1.76 bits per heavy atom. The molecule has 0 atom stereocenters. The SMILES string of the molecule is CCC(CC)(CO)CNc1ccccc1N1CCCCC1. The summed E-state index contributed by atoms with van der Waals surface area (Å²) in [5.41, 5.74) is 2.52. The average Bonchev–Trinajstić information content (AvgIpc) is 2.58. The molecular weight excluding hydrogens is 260 g/mol. The Hall–Kier alpha value is -1.22. The van der Waals surface area contributed by atoms with Gasteiger partial charge in [0.1, 0.15) is 0 Å². The molecule has 2 rings (SSSR count). The smallest absolute Gasteiger partial charge is 0.0602 e. The molecule has 1 aromatic rings. The molecule has 2 N–H and O–H groups in total. The van der Waals surface area contributed by atoms with Gasteiger partial charge in [-0.05, 0) is 44.2 Å². The first kappa shape index (κ1) is 16.2. The summed E-state index contributed by atoms with van der Waals surface area (Å²) in [6.45, 7) is 7.73. The summed E-state index contributed by atoms with van der Waals surface area (Å²) in [6, 6.07) is 8.59. The van der Waals surface area contributed by atoms with E-state index in [0.717, 1.165) is 32.5 Å². The summed E-state index contributed by atoms with van der Waals surface area (Å²) < 4.78 is 0. The molecule has 1 aliphatic rings. The molecule has 3 nitrogen and oxygen atoms in total. The summed E-state index contributed by atoms with van der Waals surface area (Å²) in [7, 11) is 0. The lowest BCUT2D eigenvalue weighted by Crippen LogP contribution is -2.34. The Labute approximate surface area is 129 Å². The van der Waals surface area contributed by atoms with Crippen molar-refractivity contribution in [3.05, 3.63) is 24.3 Å². The van der Waals surface area contributed by atoms with E-state index in [2.05, 4.69) is 48.3 Å². The van der Waals surface area contributed by atoms with Crippen LogP contribution in [-0.4, -0.2) is 31.3 Å². The Bertz CT molecular complexity index is 415. The molecule has 0 bridgehead atoms. The first-order chi connectivity index (χ1) is 10.2. The van der Waals surface area contributed by atoms with Crippen molar-refractivity contribution in [2.24, 2.45) is 5.41 Å². The zero-order valence-electron chi connectivity index (χ0n) is 13.6. The Morgan fingerprint density at radius 3 is 2.38 bits per heavy atom. The predicted molar refractivity (Wildman–Crippen MR) is 91.1 cm³/mol. The zero-order valence-corrected chi connectivity index (χ0v) is 13.6. The molecule has 0 radical (unpaired) electrons. The second kappa shape index (κ2) is 7.69. The van der Waals surface area contributed by atoms with Crippen molar-refractivity contribution in [1.82, 2.24) is 0 Å². The van der Waals surface area contributed by atoms with Crippen LogP contribution in [0, 0.1) is 5.41 Å². The van der Waals surface area contributed by atoms with Gasteiger partial charge < -0.3 is 15.3 Å². The van der Waals surface area contributed by atoms with Gasteiger partial charge in [-0.25, -0.2) is 0 Å². The Morgan fingerprint density at radius 1 is 1.10 bits per heavy atom. The first-order valence-corrected chi connectivity index (χ1v) is 8.43. The van der Waals surface area contributed by atoms with Crippen molar-refractivity contribution < 1.29 is 5.11 Å². The van der Waals surface area contributed by atoms with Gasteiger partial charge in [0, 0.05) is 25.0 Å². The molecule has 0 amide bonds. The molecule has 1 heterocycles. The normalized spacial score (nSPS) is 16.0. The second-order valence-corrected chi connectivity index (χ2v) is 6.28. The maximum Gasteiger partial charge on any atom is 0.0602 e. The summed E-state index contributed by atoms with van der Waals surface area (Å²) in [5, 5.41) is 13.3. The molecule has 1 aliphatic heterocycles. The molecule has 0 spiro atoms.